The number of esters is 1. The normalized spacial score (nSPS) is 31.8. The van der Waals surface area contributed by atoms with Crippen LogP contribution in [0.25, 0.3) is 0 Å². The summed E-state index contributed by atoms with van der Waals surface area (Å²) in [7, 11) is 0. The van der Waals surface area contributed by atoms with Gasteiger partial charge in [0.15, 0.2) is 0 Å². The van der Waals surface area contributed by atoms with E-state index in [0.29, 0.717) is 0 Å². The Balaban J connectivity index is 2.31. The molecular formula is C7H8O2. The molecule has 1 saturated heterocycles. The van der Waals surface area contributed by atoms with Crippen LogP contribution in [0.1, 0.15) is 19.3 Å². The Kier molecular flexibility index (Phi) is 0.891. The standard InChI is InChI=1S/C7H8O2/c8-7-5-1-3-6(9-7)4-2-5/h3,5H,1-2,4H2. The Labute approximate surface area is 53.5 Å². The summed E-state index contributed by atoms with van der Waals surface area (Å²) in [6, 6.07) is 0. The summed E-state index contributed by atoms with van der Waals surface area (Å²) in [6.45, 7) is 0. The van der Waals surface area contributed by atoms with Crippen molar-refractivity contribution in [1.82, 2.24) is 0 Å². The third kappa shape index (κ3) is 0.661. The third-order valence-corrected chi connectivity index (χ3v) is 1.93. The number of hydrogen-bond donors (Lipinski definition) is 0. The van der Waals surface area contributed by atoms with Crippen LogP contribution >= 0.6 is 0 Å². The number of carbonyl (C=O) groups is 1. The summed E-state index contributed by atoms with van der Waals surface area (Å²) in [6.07, 6.45) is 4.91. The zero-order valence-electron chi connectivity index (χ0n) is 5.09. The first-order valence-electron chi connectivity index (χ1n) is 3.27. The molecular weight excluding hydrogens is 116 g/mol. The molecule has 1 fully saturated rings. The molecule has 1 aliphatic carbocycles. The van der Waals surface area contributed by atoms with E-state index in [2.05, 4.69) is 0 Å². The van der Waals surface area contributed by atoms with Crippen LogP contribution in [0.3, 0.4) is 0 Å². The lowest BCUT2D eigenvalue weighted by Gasteiger charge is -2.26. The van der Waals surface area contributed by atoms with Gasteiger partial charge < -0.3 is 4.74 Å². The number of allylic oxidation sites excluding steroid dienone is 2. The number of ether oxygens (including phenoxy) is 1. The quantitative estimate of drug-likeness (QED) is 0.454. The minimum atomic E-state index is -0.0150. The lowest BCUT2D eigenvalue weighted by molar-refractivity contribution is -0.148. The lowest BCUT2D eigenvalue weighted by Crippen LogP contribution is -2.26. The van der Waals surface area contributed by atoms with Gasteiger partial charge in [-0.25, -0.2) is 0 Å². The molecule has 2 bridgehead atoms. The van der Waals surface area contributed by atoms with Gasteiger partial charge in [-0.15, -0.1) is 0 Å². The maximum absolute atomic E-state index is 10.8. The first-order chi connectivity index (χ1) is 4.36. The van der Waals surface area contributed by atoms with Crippen LogP contribution in [0.4, 0.5) is 0 Å². The summed E-state index contributed by atoms with van der Waals surface area (Å²) >= 11 is 0. The molecule has 3 rings (SSSR count). The highest BCUT2D eigenvalue weighted by atomic mass is 16.5. The van der Waals surface area contributed by atoms with Crippen LogP contribution in [-0.4, -0.2) is 5.97 Å². The highest BCUT2D eigenvalue weighted by Gasteiger charge is 2.30. The maximum atomic E-state index is 10.8. The molecule has 48 valence electrons. The molecule has 0 radical (unpaired) electrons. The predicted octanol–water partition coefficient (Wildman–Crippen LogP) is 1.23. The molecule has 2 heterocycles. The molecule has 0 N–H and O–H groups in total. The zero-order chi connectivity index (χ0) is 6.27. The second-order valence-electron chi connectivity index (χ2n) is 2.56. The Hall–Kier alpha value is -0.790. The van der Waals surface area contributed by atoms with Gasteiger partial charge in [-0.3, -0.25) is 4.79 Å². The average molecular weight is 124 g/mol. The van der Waals surface area contributed by atoms with E-state index in [-0.39, 0.29) is 11.9 Å². The van der Waals surface area contributed by atoms with Gasteiger partial charge in [0.1, 0.15) is 5.76 Å². The lowest BCUT2D eigenvalue weighted by atomic mass is 9.91. The van der Waals surface area contributed by atoms with Gasteiger partial charge in [-0.1, -0.05) is 0 Å². The van der Waals surface area contributed by atoms with Gasteiger partial charge in [0.05, 0.1) is 5.92 Å². The second-order valence-corrected chi connectivity index (χ2v) is 2.56. The average Bonchev–Trinajstić information content (AvgIpc) is 1.90. The monoisotopic (exact) mass is 124 g/mol. The third-order valence-electron chi connectivity index (χ3n) is 1.93. The molecule has 0 saturated carbocycles. The molecule has 3 aliphatic rings. The zero-order valence-corrected chi connectivity index (χ0v) is 5.09. The van der Waals surface area contributed by atoms with Gasteiger partial charge in [0.25, 0.3) is 0 Å². The van der Waals surface area contributed by atoms with Crippen LogP contribution < -0.4 is 0 Å². The predicted molar refractivity (Wildman–Crippen MR) is 31.5 cm³/mol. The number of carbonyl (C=O) groups excluding carboxylic acids is 1. The van der Waals surface area contributed by atoms with E-state index < -0.39 is 0 Å². The Bertz CT molecular complexity index is 181. The van der Waals surface area contributed by atoms with Crippen LogP contribution in [0.5, 0.6) is 0 Å². The fourth-order valence-electron chi connectivity index (χ4n) is 1.33. The van der Waals surface area contributed by atoms with Crippen molar-refractivity contribution in [2.75, 3.05) is 0 Å². The highest BCUT2D eigenvalue weighted by molar-refractivity contribution is 5.75. The molecule has 1 unspecified atom stereocenters. The summed E-state index contributed by atoms with van der Waals surface area (Å²) in [5, 5.41) is 0. The molecule has 2 nitrogen and oxygen atoms in total. The fourth-order valence-corrected chi connectivity index (χ4v) is 1.33. The van der Waals surface area contributed by atoms with Gasteiger partial charge in [0, 0.05) is 6.42 Å². The number of fused-ring (bicyclic) bond motifs is 3. The summed E-state index contributed by atoms with van der Waals surface area (Å²) in [5.41, 5.74) is 0. The van der Waals surface area contributed by atoms with Crippen molar-refractivity contribution in [3.05, 3.63) is 11.8 Å². The topological polar surface area (TPSA) is 26.3 Å². The molecule has 2 aliphatic heterocycles. The van der Waals surface area contributed by atoms with E-state index in [1.54, 1.807) is 0 Å². The van der Waals surface area contributed by atoms with Gasteiger partial charge >= 0.3 is 5.97 Å². The van der Waals surface area contributed by atoms with Gasteiger partial charge in [-0.2, -0.15) is 0 Å². The number of rotatable bonds is 0. The Morgan fingerprint density at radius 1 is 1.67 bits per heavy atom. The molecule has 0 amide bonds. The van der Waals surface area contributed by atoms with Crippen LogP contribution in [0.15, 0.2) is 11.8 Å². The second kappa shape index (κ2) is 1.59. The van der Waals surface area contributed by atoms with E-state index in [0.717, 1.165) is 25.0 Å². The van der Waals surface area contributed by atoms with Crippen molar-refractivity contribution in [1.29, 1.82) is 0 Å². The molecule has 9 heavy (non-hydrogen) atoms. The SMILES string of the molecule is O=C1OC2=CCC1CC2. The van der Waals surface area contributed by atoms with E-state index in [9.17, 15) is 4.79 Å². The van der Waals surface area contributed by atoms with E-state index in [1.165, 1.54) is 0 Å². The van der Waals surface area contributed by atoms with Crippen molar-refractivity contribution in [3.8, 4) is 0 Å². The first kappa shape index (κ1) is 5.03. The van der Waals surface area contributed by atoms with Crippen molar-refractivity contribution in [3.63, 3.8) is 0 Å². The molecule has 0 spiro atoms. The molecule has 0 aromatic rings. The van der Waals surface area contributed by atoms with Crippen LogP contribution in [0.2, 0.25) is 0 Å². The van der Waals surface area contributed by atoms with Crippen LogP contribution in [-0.2, 0) is 9.53 Å². The summed E-state index contributed by atoms with van der Waals surface area (Å²) < 4.78 is 4.91. The molecule has 2 heteroatoms. The maximum Gasteiger partial charge on any atom is 0.314 e. The van der Waals surface area contributed by atoms with Crippen molar-refractivity contribution in [2.24, 2.45) is 5.92 Å². The van der Waals surface area contributed by atoms with E-state index in [4.69, 9.17) is 4.74 Å². The smallest absolute Gasteiger partial charge is 0.314 e. The van der Waals surface area contributed by atoms with Gasteiger partial charge in [-0.05, 0) is 18.9 Å². The van der Waals surface area contributed by atoms with E-state index >= 15 is 0 Å². The summed E-state index contributed by atoms with van der Waals surface area (Å²) in [4.78, 5) is 10.8. The van der Waals surface area contributed by atoms with E-state index in [1.807, 2.05) is 6.08 Å². The molecule has 0 aromatic carbocycles. The Morgan fingerprint density at radius 3 is 2.78 bits per heavy atom. The minimum absolute atomic E-state index is 0.0150. The van der Waals surface area contributed by atoms with Crippen molar-refractivity contribution >= 4 is 5.97 Å². The van der Waals surface area contributed by atoms with Crippen molar-refractivity contribution < 1.29 is 9.53 Å². The van der Waals surface area contributed by atoms with Crippen LogP contribution in [0, 0.1) is 5.92 Å². The number of hydrogen-bond acceptors (Lipinski definition) is 2. The Morgan fingerprint density at radius 2 is 2.56 bits per heavy atom. The van der Waals surface area contributed by atoms with Gasteiger partial charge in [0.2, 0.25) is 0 Å². The molecule has 1 atom stereocenters. The minimum Gasteiger partial charge on any atom is -0.431 e. The largest absolute Gasteiger partial charge is 0.431 e. The highest BCUT2D eigenvalue weighted by Crippen LogP contribution is 2.31. The fraction of sp³-hybridized carbons (Fsp3) is 0.571. The first-order valence-corrected chi connectivity index (χ1v) is 3.27. The summed E-state index contributed by atoms with van der Waals surface area (Å²) in [5.74, 6) is 1.06. The van der Waals surface area contributed by atoms with Crippen molar-refractivity contribution in [2.45, 2.75) is 19.3 Å². The molecule has 0 aromatic heterocycles.